The molecule has 0 radical (unpaired) electrons. The molecule has 3 heteroatoms. The van der Waals surface area contributed by atoms with Crippen LogP contribution in [0.4, 0.5) is 0 Å². The molecule has 0 aromatic carbocycles. The molecule has 0 atom stereocenters. The summed E-state index contributed by atoms with van der Waals surface area (Å²) in [5, 5.41) is 16.0. The third-order valence-corrected chi connectivity index (χ3v) is 3.00. The van der Waals surface area contributed by atoms with Gasteiger partial charge in [-0.2, -0.15) is 0 Å². The molecule has 132 valence electrons. The number of hydrogen-bond donors (Lipinski definition) is 2. The minimum absolute atomic E-state index is 0.189. The quantitative estimate of drug-likeness (QED) is 0.449. The first-order valence-electron chi connectivity index (χ1n) is 8.87. The van der Waals surface area contributed by atoms with Gasteiger partial charge < -0.3 is 10.2 Å². The van der Waals surface area contributed by atoms with E-state index in [2.05, 4.69) is 30.6 Å². The molecule has 0 aliphatic rings. The summed E-state index contributed by atoms with van der Waals surface area (Å²) >= 11 is 0. The van der Waals surface area contributed by atoms with Crippen LogP contribution in [0.2, 0.25) is 0 Å². The average Bonchev–Trinajstić information content (AvgIpc) is 2.50. The summed E-state index contributed by atoms with van der Waals surface area (Å²) in [5.41, 5.74) is 0. The molecule has 2 N–H and O–H groups in total. The van der Waals surface area contributed by atoms with Crippen LogP contribution in [0.5, 0.6) is 0 Å². The lowest BCUT2D eigenvalue weighted by atomic mass is 10.1. The lowest BCUT2D eigenvalue weighted by Crippen LogP contribution is -1.80. The van der Waals surface area contributed by atoms with Gasteiger partial charge >= 0.3 is 0 Å². The summed E-state index contributed by atoms with van der Waals surface area (Å²) < 4.78 is 0. The van der Waals surface area contributed by atoms with Gasteiger partial charge in [-0.05, 0) is 19.3 Å². The number of hydrogen-bond acceptors (Lipinski definition) is 2. The van der Waals surface area contributed by atoms with Crippen LogP contribution in [-0.4, -0.2) is 22.8 Å². The van der Waals surface area contributed by atoms with Crippen LogP contribution in [0.1, 0.15) is 90.9 Å². The first-order valence-corrected chi connectivity index (χ1v) is 8.87. The maximum atomic E-state index is 9.00. The van der Waals surface area contributed by atoms with Crippen molar-refractivity contribution in [3.8, 4) is 23.7 Å². The third-order valence-electron chi connectivity index (χ3n) is 3.00. The molecule has 0 spiro atoms. The second kappa shape index (κ2) is 22.8. The first kappa shape index (κ1) is 23.8. The Bertz CT molecular complexity index is 362. The Morgan fingerprint density at radius 3 is 1.48 bits per heavy atom. The maximum absolute atomic E-state index is 9.00. The summed E-state index contributed by atoms with van der Waals surface area (Å²) in [5.74, 6) is 11.7. The van der Waals surface area contributed by atoms with Gasteiger partial charge in [-0.1, -0.05) is 39.0 Å². The first-order chi connectivity index (χ1) is 11.1. The Morgan fingerprint density at radius 2 is 1.09 bits per heavy atom. The minimum atomic E-state index is -0.833. The third kappa shape index (κ3) is 33.4. The number of aliphatic carboxylic acids is 1. The van der Waals surface area contributed by atoms with Crippen molar-refractivity contribution < 1.29 is 15.0 Å². The fourth-order valence-corrected chi connectivity index (χ4v) is 1.81. The molecule has 0 aromatic heterocycles. The monoisotopic (exact) mass is 322 g/mol. The van der Waals surface area contributed by atoms with Gasteiger partial charge in [0.15, 0.2) is 0 Å². The lowest BCUT2D eigenvalue weighted by Gasteiger charge is -1.98. The van der Waals surface area contributed by atoms with Gasteiger partial charge in [0.2, 0.25) is 0 Å². The molecule has 0 rings (SSSR count). The summed E-state index contributed by atoms with van der Waals surface area (Å²) in [6, 6.07) is 0. The van der Waals surface area contributed by atoms with Crippen LogP contribution < -0.4 is 0 Å². The Balaban J connectivity index is 0. The Labute approximate surface area is 142 Å². The fraction of sp³-hybridized carbons (Fsp3) is 0.750. The van der Waals surface area contributed by atoms with Crippen molar-refractivity contribution in [2.75, 3.05) is 6.61 Å². The predicted molar refractivity (Wildman–Crippen MR) is 97.0 cm³/mol. The van der Waals surface area contributed by atoms with E-state index in [1.807, 2.05) is 0 Å². The van der Waals surface area contributed by atoms with Crippen molar-refractivity contribution in [2.24, 2.45) is 0 Å². The molecule has 0 saturated carbocycles. The average molecular weight is 322 g/mol. The van der Waals surface area contributed by atoms with E-state index in [1.54, 1.807) is 0 Å². The number of carboxylic acid groups (broad SMARTS) is 1. The molecule has 3 nitrogen and oxygen atoms in total. The second-order valence-corrected chi connectivity index (χ2v) is 5.42. The van der Waals surface area contributed by atoms with Crippen molar-refractivity contribution in [1.82, 2.24) is 0 Å². The largest absolute Gasteiger partial charge is 0.481 e. The van der Waals surface area contributed by atoms with Gasteiger partial charge in [-0.3, -0.25) is 4.79 Å². The number of aliphatic hydroxyl groups excluding tert-OH is 1. The summed E-state index contributed by atoms with van der Waals surface area (Å²) in [6.07, 6.45) is 14.0. The molecule has 0 fully saturated rings. The van der Waals surface area contributed by atoms with Crippen LogP contribution >= 0.6 is 0 Å². The van der Waals surface area contributed by atoms with Gasteiger partial charge in [-0.15, -0.1) is 23.7 Å². The highest BCUT2D eigenvalue weighted by Gasteiger charge is 1.90. The highest BCUT2D eigenvalue weighted by molar-refractivity contribution is 5.62. The highest BCUT2D eigenvalue weighted by Crippen LogP contribution is 2.08. The van der Waals surface area contributed by atoms with E-state index in [0.717, 1.165) is 26.2 Å². The number of carboxylic acids is 1. The number of unbranched alkanes of at least 4 members (excludes halogenated alkanes) is 9. The Hall–Kier alpha value is -1.45. The van der Waals surface area contributed by atoms with E-state index in [-0.39, 0.29) is 6.61 Å². The molecule has 0 heterocycles. The zero-order valence-corrected chi connectivity index (χ0v) is 15.0. The van der Waals surface area contributed by atoms with E-state index < -0.39 is 5.97 Å². The molecule has 0 bridgehead atoms. The molecule has 0 unspecified atom stereocenters. The van der Waals surface area contributed by atoms with Gasteiger partial charge in [-0.25, -0.2) is 0 Å². The molecule has 0 aromatic rings. The van der Waals surface area contributed by atoms with Crippen LogP contribution in [0, 0.1) is 23.7 Å². The molecule has 0 amide bonds. The zero-order chi connectivity index (χ0) is 17.6. The lowest BCUT2D eigenvalue weighted by molar-refractivity contribution is -0.134. The van der Waals surface area contributed by atoms with Crippen molar-refractivity contribution in [3.63, 3.8) is 0 Å². The Morgan fingerprint density at radius 1 is 0.739 bits per heavy atom. The van der Waals surface area contributed by atoms with Crippen molar-refractivity contribution in [1.29, 1.82) is 0 Å². The van der Waals surface area contributed by atoms with Crippen LogP contribution in [-0.2, 0) is 4.79 Å². The van der Waals surface area contributed by atoms with Gasteiger partial charge in [0, 0.05) is 32.6 Å². The van der Waals surface area contributed by atoms with Gasteiger partial charge in [0.05, 0.1) is 6.61 Å². The van der Waals surface area contributed by atoms with E-state index in [4.69, 9.17) is 15.0 Å². The minimum Gasteiger partial charge on any atom is -0.481 e. The van der Waals surface area contributed by atoms with E-state index in [9.17, 15) is 0 Å². The summed E-state index contributed by atoms with van der Waals surface area (Å²) in [7, 11) is 0. The van der Waals surface area contributed by atoms with Crippen molar-refractivity contribution >= 4 is 5.97 Å². The predicted octanol–water partition coefficient (Wildman–Crippen LogP) is 4.78. The van der Waals surface area contributed by atoms with Crippen LogP contribution in [0.25, 0.3) is 0 Å². The summed E-state index contributed by atoms with van der Waals surface area (Å²) in [6.45, 7) is 3.48. The van der Waals surface area contributed by atoms with E-state index in [0.29, 0.717) is 6.42 Å². The van der Waals surface area contributed by atoms with Crippen molar-refractivity contribution in [2.45, 2.75) is 90.9 Å². The molecule has 23 heavy (non-hydrogen) atoms. The molecular formula is C20H34O3. The second-order valence-electron chi connectivity index (χ2n) is 5.42. The van der Waals surface area contributed by atoms with E-state index >= 15 is 0 Å². The zero-order valence-electron chi connectivity index (χ0n) is 15.0. The fourth-order valence-electron chi connectivity index (χ4n) is 1.81. The summed E-state index contributed by atoms with van der Waals surface area (Å²) in [4.78, 5) is 9.00. The maximum Gasteiger partial charge on any atom is 0.300 e. The highest BCUT2D eigenvalue weighted by atomic mass is 16.4. The van der Waals surface area contributed by atoms with Crippen LogP contribution in [0.15, 0.2) is 0 Å². The Kier molecular flexibility index (Phi) is 23.6. The number of aliphatic hydroxyl groups is 1. The SMILES string of the molecule is CC(=O)O.CCCCC#CCCCCCCCCC#CCCO. The standard InChI is InChI=1S/C18H30O.C2H4O2/c1-2-3-4-5-6-7-8-9-10-11-12-13-14-15-16-17-18-19;1-2(3)4/h19H,2-4,7-14,17-18H2,1H3;1H3,(H,3,4). The number of carbonyl (C=O) groups is 1. The van der Waals surface area contributed by atoms with Crippen LogP contribution in [0.3, 0.4) is 0 Å². The topological polar surface area (TPSA) is 57.5 Å². The van der Waals surface area contributed by atoms with E-state index in [1.165, 1.54) is 51.4 Å². The smallest absolute Gasteiger partial charge is 0.300 e. The van der Waals surface area contributed by atoms with Gasteiger partial charge in [0.25, 0.3) is 5.97 Å². The van der Waals surface area contributed by atoms with Crippen molar-refractivity contribution in [3.05, 3.63) is 0 Å². The van der Waals surface area contributed by atoms with Gasteiger partial charge in [0.1, 0.15) is 0 Å². The molecule has 0 saturated heterocycles. The molecule has 0 aliphatic heterocycles. The molecule has 0 aliphatic carbocycles. The number of rotatable bonds is 10. The normalized spacial score (nSPS) is 8.83. The molecular weight excluding hydrogens is 288 g/mol.